The summed E-state index contributed by atoms with van der Waals surface area (Å²) < 4.78 is 11.9. The molecule has 0 saturated heterocycles. The van der Waals surface area contributed by atoms with Crippen LogP contribution in [0.3, 0.4) is 0 Å². The van der Waals surface area contributed by atoms with E-state index in [0.29, 0.717) is 13.2 Å². The third kappa shape index (κ3) is 4.31. The average molecular weight is 338 g/mol. The van der Waals surface area contributed by atoms with Crippen LogP contribution in [0.25, 0.3) is 11.1 Å². The first-order valence-corrected chi connectivity index (χ1v) is 9.72. The van der Waals surface area contributed by atoms with Gasteiger partial charge in [0.2, 0.25) is 0 Å². The number of rotatable bonds is 10. The van der Waals surface area contributed by atoms with E-state index >= 15 is 0 Å². The van der Waals surface area contributed by atoms with E-state index in [1.54, 1.807) is 0 Å². The highest BCUT2D eigenvalue weighted by molar-refractivity contribution is 5.78. The Morgan fingerprint density at radius 2 is 1.52 bits per heavy atom. The maximum absolute atomic E-state index is 6.00. The first kappa shape index (κ1) is 18.2. The molecule has 0 radical (unpaired) electrons. The fourth-order valence-electron chi connectivity index (χ4n) is 3.49. The summed E-state index contributed by atoms with van der Waals surface area (Å²) in [5.74, 6) is 0. The summed E-state index contributed by atoms with van der Waals surface area (Å²) in [5.41, 5.74) is 8.26. The van der Waals surface area contributed by atoms with Gasteiger partial charge in [0.15, 0.2) is 0 Å². The maximum atomic E-state index is 6.00. The second kappa shape index (κ2) is 9.17. The van der Waals surface area contributed by atoms with Crippen molar-refractivity contribution >= 4 is 0 Å². The summed E-state index contributed by atoms with van der Waals surface area (Å²) in [6.45, 7) is 7.46. The fraction of sp³-hybridized carbons (Fsp3) is 0.478. The lowest BCUT2D eigenvalue weighted by Crippen LogP contribution is -2.06. The molecule has 25 heavy (non-hydrogen) atoms. The van der Waals surface area contributed by atoms with Crippen molar-refractivity contribution in [3.63, 3.8) is 0 Å². The number of ether oxygens (including phenoxy) is 2. The number of hydrogen-bond acceptors (Lipinski definition) is 2. The van der Waals surface area contributed by atoms with Crippen LogP contribution in [0.1, 0.15) is 61.8 Å². The quantitative estimate of drug-likeness (QED) is 0.429. The van der Waals surface area contributed by atoms with Gasteiger partial charge in [0, 0.05) is 13.2 Å². The van der Waals surface area contributed by atoms with Crippen LogP contribution in [0.2, 0.25) is 0 Å². The van der Waals surface area contributed by atoms with Gasteiger partial charge in [0.05, 0.1) is 13.2 Å². The summed E-state index contributed by atoms with van der Waals surface area (Å²) in [7, 11) is 0. The second-order valence-electron chi connectivity index (χ2n) is 6.88. The van der Waals surface area contributed by atoms with E-state index in [1.807, 2.05) is 0 Å². The van der Waals surface area contributed by atoms with Gasteiger partial charge in [-0.1, -0.05) is 63.1 Å². The molecule has 3 rings (SSSR count). The normalized spacial score (nSPS) is 12.2. The van der Waals surface area contributed by atoms with Gasteiger partial charge in [0.25, 0.3) is 0 Å². The van der Waals surface area contributed by atoms with Crippen molar-refractivity contribution in [2.24, 2.45) is 0 Å². The lowest BCUT2D eigenvalue weighted by atomic mass is 9.97. The maximum Gasteiger partial charge on any atom is 0.0723 e. The summed E-state index contributed by atoms with van der Waals surface area (Å²) in [6, 6.07) is 13.3. The van der Waals surface area contributed by atoms with Gasteiger partial charge in [0.1, 0.15) is 0 Å². The van der Waals surface area contributed by atoms with Gasteiger partial charge in [-0.2, -0.15) is 0 Å². The number of unbranched alkanes of at least 4 members (excludes halogenated alkanes) is 2. The number of fused-ring (bicyclic) bond motifs is 3. The van der Waals surface area contributed by atoms with E-state index in [-0.39, 0.29) is 0 Å². The highest BCUT2D eigenvalue weighted by atomic mass is 16.5. The molecule has 0 amide bonds. The van der Waals surface area contributed by atoms with Crippen molar-refractivity contribution in [3.05, 3.63) is 58.7 Å². The number of hydrogen-bond donors (Lipinski definition) is 0. The fourth-order valence-corrected chi connectivity index (χ4v) is 3.49. The molecule has 2 heteroatoms. The highest BCUT2D eigenvalue weighted by Crippen LogP contribution is 2.39. The number of benzene rings is 2. The van der Waals surface area contributed by atoms with Gasteiger partial charge < -0.3 is 9.47 Å². The Kier molecular flexibility index (Phi) is 6.66. The third-order valence-corrected chi connectivity index (χ3v) is 4.99. The van der Waals surface area contributed by atoms with Gasteiger partial charge in [-0.05, 0) is 52.6 Å². The molecule has 134 valence electrons. The minimum Gasteiger partial charge on any atom is -0.377 e. The molecule has 1 aliphatic carbocycles. The molecular formula is C23H30O2. The predicted molar refractivity (Wildman–Crippen MR) is 104 cm³/mol. The molecule has 2 aromatic carbocycles. The van der Waals surface area contributed by atoms with Crippen LogP contribution in [0.4, 0.5) is 0 Å². The van der Waals surface area contributed by atoms with E-state index in [9.17, 15) is 0 Å². The van der Waals surface area contributed by atoms with E-state index in [0.717, 1.165) is 32.5 Å². The standard InChI is InChI=1S/C23H30O2/c1-3-5-13-24-16-19-11-12-21-20-10-8-7-9-18(20)15-22(21)23(19)17-25-14-6-4-2/h7-12H,3-6,13-17H2,1-2H3. The Hall–Kier alpha value is -1.64. The predicted octanol–water partition coefficient (Wildman–Crippen LogP) is 5.89. The van der Waals surface area contributed by atoms with E-state index in [2.05, 4.69) is 50.2 Å². The Morgan fingerprint density at radius 3 is 2.28 bits per heavy atom. The molecule has 0 bridgehead atoms. The Morgan fingerprint density at radius 1 is 0.800 bits per heavy atom. The largest absolute Gasteiger partial charge is 0.377 e. The zero-order chi connectivity index (χ0) is 17.5. The SMILES string of the molecule is CCCCOCc1ccc2c(c1COCCCC)Cc1ccccc1-2. The van der Waals surface area contributed by atoms with Crippen LogP contribution in [0.15, 0.2) is 36.4 Å². The molecule has 0 unspecified atom stereocenters. The lowest BCUT2D eigenvalue weighted by molar-refractivity contribution is 0.104. The molecule has 0 aromatic heterocycles. The molecule has 0 saturated carbocycles. The Labute approximate surface area is 152 Å². The second-order valence-corrected chi connectivity index (χ2v) is 6.88. The van der Waals surface area contributed by atoms with Crippen LogP contribution < -0.4 is 0 Å². The molecule has 0 aliphatic heterocycles. The van der Waals surface area contributed by atoms with Crippen LogP contribution in [-0.2, 0) is 29.1 Å². The van der Waals surface area contributed by atoms with E-state index in [1.165, 1.54) is 46.2 Å². The van der Waals surface area contributed by atoms with E-state index < -0.39 is 0 Å². The summed E-state index contributed by atoms with van der Waals surface area (Å²) >= 11 is 0. The van der Waals surface area contributed by atoms with Crippen LogP contribution in [-0.4, -0.2) is 13.2 Å². The Balaban J connectivity index is 1.82. The monoisotopic (exact) mass is 338 g/mol. The van der Waals surface area contributed by atoms with Crippen molar-refractivity contribution in [3.8, 4) is 11.1 Å². The van der Waals surface area contributed by atoms with Gasteiger partial charge in [-0.15, -0.1) is 0 Å². The molecule has 2 nitrogen and oxygen atoms in total. The van der Waals surface area contributed by atoms with Crippen LogP contribution in [0.5, 0.6) is 0 Å². The van der Waals surface area contributed by atoms with Crippen molar-refractivity contribution in [1.82, 2.24) is 0 Å². The molecule has 1 aliphatic rings. The molecule has 0 atom stereocenters. The summed E-state index contributed by atoms with van der Waals surface area (Å²) in [5, 5.41) is 0. The topological polar surface area (TPSA) is 18.5 Å². The van der Waals surface area contributed by atoms with Gasteiger partial charge in [-0.3, -0.25) is 0 Å². The van der Waals surface area contributed by atoms with Crippen LogP contribution in [0, 0.1) is 0 Å². The summed E-state index contributed by atoms with van der Waals surface area (Å²) in [4.78, 5) is 0. The summed E-state index contributed by atoms with van der Waals surface area (Å²) in [6.07, 6.45) is 5.61. The molecule has 0 fully saturated rings. The average Bonchev–Trinajstić information content (AvgIpc) is 3.02. The molecular weight excluding hydrogens is 308 g/mol. The minimum absolute atomic E-state index is 0.691. The molecule has 0 heterocycles. The third-order valence-electron chi connectivity index (χ3n) is 4.99. The van der Waals surface area contributed by atoms with E-state index in [4.69, 9.17) is 9.47 Å². The molecule has 2 aromatic rings. The van der Waals surface area contributed by atoms with Crippen molar-refractivity contribution in [1.29, 1.82) is 0 Å². The van der Waals surface area contributed by atoms with Crippen molar-refractivity contribution in [2.45, 2.75) is 59.2 Å². The minimum atomic E-state index is 0.691. The first-order chi connectivity index (χ1) is 12.3. The highest BCUT2D eigenvalue weighted by Gasteiger charge is 2.22. The zero-order valence-corrected chi connectivity index (χ0v) is 15.6. The first-order valence-electron chi connectivity index (χ1n) is 9.72. The zero-order valence-electron chi connectivity index (χ0n) is 15.6. The molecule has 0 spiro atoms. The van der Waals surface area contributed by atoms with Crippen molar-refractivity contribution < 1.29 is 9.47 Å². The lowest BCUT2D eigenvalue weighted by Gasteiger charge is -2.16. The van der Waals surface area contributed by atoms with Gasteiger partial charge >= 0.3 is 0 Å². The Bertz CT molecular complexity index is 690. The van der Waals surface area contributed by atoms with Crippen LogP contribution >= 0.6 is 0 Å². The molecule has 0 N–H and O–H groups in total. The van der Waals surface area contributed by atoms with Crippen molar-refractivity contribution in [2.75, 3.05) is 13.2 Å². The smallest absolute Gasteiger partial charge is 0.0723 e. The van der Waals surface area contributed by atoms with Gasteiger partial charge in [-0.25, -0.2) is 0 Å².